The van der Waals surface area contributed by atoms with Crippen molar-refractivity contribution in [3.05, 3.63) is 40.7 Å². The van der Waals surface area contributed by atoms with Gasteiger partial charge in [0.05, 0.1) is 49.2 Å². The predicted molar refractivity (Wildman–Crippen MR) is 254 cm³/mol. The van der Waals surface area contributed by atoms with Crippen molar-refractivity contribution in [3.63, 3.8) is 0 Å². The topological polar surface area (TPSA) is 236 Å². The summed E-state index contributed by atoms with van der Waals surface area (Å²) >= 11 is 0.970. The van der Waals surface area contributed by atoms with Crippen LogP contribution < -0.4 is 25.6 Å². The van der Waals surface area contributed by atoms with E-state index in [9.17, 15) is 28.8 Å². The Morgan fingerprint density at radius 1 is 0.985 bits per heavy atom. The van der Waals surface area contributed by atoms with Crippen LogP contribution in [-0.2, 0) is 47.7 Å². The maximum Gasteiger partial charge on any atom is 0.347 e. The second-order valence-corrected chi connectivity index (χ2v) is 17.8. The third kappa shape index (κ3) is 14.2. The summed E-state index contributed by atoms with van der Waals surface area (Å²) in [4.78, 5) is 87.0. The molecule has 3 aromatic rings. The summed E-state index contributed by atoms with van der Waals surface area (Å²) < 4.78 is 36.4. The highest BCUT2D eigenvalue weighted by Gasteiger charge is 2.33. The van der Waals surface area contributed by atoms with E-state index in [1.807, 2.05) is 39.5 Å². The molecular weight excluding hydrogens is 887 g/mol. The predicted octanol–water partition coefficient (Wildman–Crippen LogP) is 4.79. The number of ether oxygens (including phenoxy) is 5. The van der Waals surface area contributed by atoms with Crippen LogP contribution in [0.15, 0.2) is 18.2 Å². The minimum absolute atomic E-state index is 0.0387. The van der Waals surface area contributed by atoms with Crippen molar-refractivity contribution in [2.45, 2.75) is 106 Å². The first-order valence-corrected chi connectivity index (χ1v) is 23.3. The summed E-state index contributed by atoms with van der Waals surface area (Å²) in [5.41, 5.74) is 5.11. The van der Waals surface area contributed by atoms with Crippen LogP contribution in [0.25, 0.3) is 11.6 Å². The van der Waals surface area contributed by atoms with Gasteiger partial charge in [0.25, 0.3) is 11.8 Å². The smallest absolute Gasteiger partial charge is 0.347 e. The van der Waals surface area contributed by atoms with Crippen LogP contribution in [-0.4, -0.2) is 149 Å². The molecule has 5 rings (SSSR count). The highest BCUT2D eigenvalue weighted by molar-refractivity contribution is 6.99. The Balaban J connectivity index is 1.12. The fourth-order valence-electron chi connectivity index (χ4n) is 7.55. The first-order chi connectivity index (χ1) is 31.8. The number of hydrogen-bond donors (Lipinski definition) is 4. The highest BCUT2D eigenvalue weighted by atomic mass is 32.1. The lowest BCUT2D eigenvalue weighted by atomic mass is 10.0. The number of benzene rings is 1. The quantitative estimate of drug-likeness (QED) is 0.0602. The van der Waals surface area contributed by atoms with Gasteiger partial charge in [0.15, 0.2) is 18.3 Å². The fourth-order valence-corrected chi connectivity index (χ4v) is 8.07. The number of anilines is 4. The molecule has 3 atom stereocenters. The average molecular weight is 952 g/mol. The zero-order valence-corrected chi connectivity index (χ0v) is 41.0. The minimum atomic E-state index is -1.43. The molecule has 3 amide bonds. The third-order valence-corrected chi connectivity index (χ3v) is 11.8. The molecule has 0 radical (unpaired) electrons. The molecule has 2 aliphatic rings. The number of H-pyrrole nitrogens is 1. The Hall–Kier alpha value is -6.06. The second-order valence-electron chi connectivity index (χ2n) is 17.3. The van der Waals surface area contributed by atoms with Gasteiger partial charge in [-0.1, -0.05) is 13.8 Å². The number of esters is 3. The number of carbonyl (C=O) groups excluding carboxylic acids is 6. The van der Waals surface area contributed by atoms with E-state index in [-0.39, 0.29) is 43.7 Å². The van der Waals surface area contributed by atoms with Gasteiger partial charge in [-0.05, 0) is 91.4 Å². The lowest BCUT2D eigenvalue weighted by Crippen LogP contribution is -2.50. The number of nitrogens with zero attached hydrogens (tertiary/aromatic N) is 5. The number of aromatic nitrogens is 3. The second kappa shape index (κ2) is 23.6. The Bertz CT molecular complexity index is 2280. The number of aromatic amines is 1. The molecule has 21 heteroatoms. The Morgan fingerprint density at radius 2 is 1.67 bits per heavy atom. The fraction of sp³-hybridized carbons (Fsp3) is 0.565. The summed E-state index contributed by atoms with van der Waals surface area (Å²) in [6.07, 6.45) is -2.70. The van der Waals surface area contributed by atoms with Gasteiger partial charge in [-0.15, -0.1) is 4.37 Å². The van der Waals surface area contributed by atoms with Gasteiger partial charge in [0.1, 0.15) is 6.61 Å². The van der Waals surface area contributed by atoms with E-state index in [2.05, 4.69) is 48.4 Å². The molecule has 1 saturated heterocycles. The largest absolute Gasteiger partial charge is 0.470 e. The van der Waals surface area contributed by atoms with Crippen molar-refractivity contribution in [2.75, 3.05) is 86.5 Å². The monoisotopic (exact) mass is 951 g/mol. The first kappa shape index (κ1) is 51.9. The standard InChI is InChI=1S/C46H65N9O11S/c1-11-53(12-2)18-17-47-40-27(3)37(48-28(40)4)24-35-34-23-32(13-14-36(34)50-42(35)59)49-38(57)15-16-39(58)64-29(5)44(60)65-30(6)45(61)66-33(25-55(31(7)56)46(8,9)10)26-63-43-41(51-67-52-43)54-19-21-62-22-20-54/h13-14,23-24,29-30,33,47-48H,11-12,15-22,25-26H2,1-10H3,(H,49,57)(H,50,59)/b35-24-/t29-,30-,33+/m1/s1. The van der Waals surface area contributed by atoms with E-state index in [1.54, 1.807) is 24.3 Å². The zero-order chi connectivity index (χ0) is 49.0. The summed E-state index contributed by atoms with van der Waals surface area (Å²) in [5.74, 6) is -3.05. The summed E-state index contributed by atoms with van der Waals surface area (Å²) in [7, 11) is 0. The van der Waals surface area contributed by atoms with E-state index in [0.717, 1.165) is 60.5 Å². The molecule has 1 aromatic carbocycles. The maximum absolute atomic E-state index is 13.3. The van der Waals surface area contributed by atoms with Crippen LogP contribution in [0.2, 0.25) is 0 Å². The molecule has 4 heterocycles. The van der Waals surface area contributed by atoms with Crippen molar-refractivity contribution >= 4 is 81.9 Å². The zero-order valence-electron chi connectivity index (χ0n) is 40.2. The number of rotatable bonds is 22. The summed E-state index contributed by atoms with van der Waals surface area (Å²) in [5, 5.41) is 9.16. The molecule has 0 spiro atoms. The number of nitrogens with one attached hydrogen (secondary N) is 4. The summed E-state index contributed by atoms with van der Waals surface area (Å²) in [6, 6.07) is 5.02. The number of likely N-dealkylation sites (N-methyl/N-ethyl adjacent to an activating group) is 1. The molecule has 366 valence electrons. The van der Waals surface area contributed by atoms with Crippen LogP contribution in [0.1, 0.15) is 90.7 Å². The molecule has 4 N–H and O–H groups in total. The van der Waals surface area contributed by atoms with Gasteiger partial charge in [-0.25, -0.2) is 9.59 Å². The van der Waals surface area contributed by atoms with Crippen LogP contribution in [0.3, 0.4) is 0 Å². The van der Waals surface area contributed by atoms with Gasteiger partial charge in [-0.3, -0.25) is 19.2 Å². The molecule has 0 saturated carbocycles. The van der Waals surface area contributed by atoms with Crippen molar-refractivity contribution in [1.82, 2.24) is 23.5 Å². The molecule has 0 bridgehead atoms. The molecule has 20 nitrogen and oxygen atoms in total. The lowest BCUT2D eigenvalue weighted by molar-refractivity contribution is -0.180. The SMILES string of the molecule is CCN(CC)CCNc1c(C)[nH]c(/C=C2\C(=O)Nc3ccc(NC(=O)CCC(=O)O[C@H](C)C(=O)O[C@H](C)C(=O)O[C@H](COc4nsnc4N4CCOCC4)CN(C(C)=O)C(C)(C)C)cc32)c1C. The van der Waals surface area contributed by atoms with Crippen molar-refractivity contribution in [2.24, 2.45) is 0 Å². The Labute approximate surface area is 395 Å². The Kier molecular flexibility index (Phi) is 18.3. The lowest BCUT2D eigenvalue weighted by Gasteiger charge is -2.37. The maximum atomic E-state index is 13.3. The van der Waals surface area contributed by atoms with Crippen LogP contribution in [0.4, 0.5) is 22.9 Å². The van der Waals surface area contributed by atoms with Gasteiger partial charge in [-0.2, -0.15) is 4.37 Å². The van der Waals surface area contributed by atoms with Gasteiger partial charge >= 0.3 is 17.9 Å². The number of morpholine rings is 1. The molecule has 0 unspecified atom stereocenters. The van der Waals surface area contributed by atoms with E-state index >= 15 is 0 Å². The Morgan fingerprint density at radius 3 is 2.34 bits per heavy atom. The van der Waals surface area contributed by atoms with E-state index in [1.165, 1.54) is 25.7 Å². The minimum Gasteiger partial charge on any atom is -0.470 e. The number of aryl methyl sites for hydroxylation is 1. The molecule has 0 aliphatic carbocycles. The average Bonchev–Trinajstić information content (AvgIpc) is 3.96. The van der Waals surface area contributed by atoms with Gasteiger partial charge in [0.2, 0.25) is 17.6 Å². The molecule has 2 aromatic heterocycles. The van der Waals surface area contributed by atoms with E-state index in [0.29, 0.717) is 54.6 Å². The van der Waals surface area contributed by atoms with Crippen molar-refractivity contribution < 1.29 is 52.5 Å². The molecular formula is C46H65N9O11S. The van der Waals surface area contributed by atoms with Gasteiger partial charge < -0.3 is 59.3 Å². The van der Waals surface area contributed by atoms with Crippen LogP contribution >= 0.6 is 11.7 Å². The van der Waals surface area contributed by atoms with E-state index in [4.69, 9.17) is 23.7 Å². The van der Waals surface area contributed by atoms with Crippen LogP contribution in [0, 0.1) is 13.8 Å². The first-order valence-electron chi connectivity index (χ1n) is 22.6. The van der Waals surface area contributed by atoms with Crippen LogP contribution in [0.5, 0.6) is 5.88 Å². The molecule has 2 aliphatic heterocycles. The van der Waals surface area contributed by atoms with E-state index < -0.39 is 47.7 Å². The molecule has 67 heavy (non-hydrogen) atoms. The normalized spacial score (nSPS) is 15.6. The summed E-state index contributed by atoms with van der Waals surface area (Å²) in [6.45, 7) is 23.4. The van der Waals surface area contributed by atoms with Crippen molar-refractivity contribution in [3.8, 4) is 5.88 Å². The van der Waals surface area contributed by atoms with Gasteiger partial charge in [0, 0.05) is 73.4 Å². The number of hydrogen-bond acceptors (Lipinski definition) is 17. The third-order valence-electron chi connectivity index (χ3n) is 11.3. The van der Waals surface area contributed by atoms with Crippen molar-refractivity contribution in [1.29, 1.82) is 0 Å². The molecule has 1 fully saturated rings. The number of carbonyl (C=O) groups is 6. The number of amides is 3. The highest BCUT2D eigenvalue weighted by Crippen LogP contribution is 2.36. The number of fused-ring (bicyclic) bond motifs is 1.